The minimum atomic E-state index is 0.258. The molecule has 1 aromatic carbocycles. The molecule has 126 valence electrons. The molecule has 2 heterocycles. The Morgan fingerprint density at radius 3 is 3.04 bits per heavy atom. The monoisotopic (exact) mass is 324 g/mol. The minimum Gasteiger partial charge on any atom is -0.396 e. The Morgan fingerprint density at radius 2 is 2.17 bits per heavy atom. The van der Waals surface area contributed by atoms with Crippen molar-refractivity contribution < 1.29 is 5.11 Å². The van der Waals surface area contributed by atoms with E-state index in [-0.39, 0.29) is 6.61 Å². The van der Waals surface area contributed by atoms with Crippen molar-refractivity contribution >= 4 is 11.6 Å². The van der Waals surface area contributed by atoms with Crippen LogP contribution in [0, 0.1) is 5.92 Å². The van der Waals surface area contributed by atoms with Crippen LogP contribution in [0.5, 0.6) is 0 Å². The second kappa shape index (κ2) is 6.77. The third-order valence-electron chi connectivity index (χ3n) is 5.24. The smallest absolute Gasteiger partial charge is 0.134 e. The van der Waals surface area contributed by atoms with E-state index in [0.29, 0.717) is 11.8 Å². The summed E-state index contributed by atoms with van der Waals surface area (Å²) < 4.78 is 0. The molecule has 0 amide bonds. The van der Waals surface area contributed by atoms with Gasteiger partial charge in [-0.25, -0.2) is 9.97 Å². The van der Waals surface area contributed by atoms with E-state index in [1.807, 2.05) is 6.07 Å². The molecule has 2 N–H and O–H groups in total. The summed E-state index contributed by atoms with van der Waals surface area (Å²) >= 11 is 0. The molecular formula is C19H24N4O. The van der Waals surface area contributed by atoms with Crippen molar-refractivity contribution in [1.82, 2.24) is 9.97 Å². The number of nitrogens with one attached hydrogen (secondary N) is 1. The van der Waals surface area contributed by atoms with Crippen LogP contribution in [0.4, 0.5) is 11.6 Å². The van der Waals surface area contributed by atoms with Crippen LogP contribution in [0.15, 0.2) is 36.7 Å². The molecule has 0 spiro atoms. The molecule has 5 nitrogen and oxygen atoms in total. The van der Waals surface area contributed by atoms with E-state index in [2.05, 4.69) is 44.5 Å². The fourth-order valence-corrected chi connectivity index (χ4v) is 3.81. The van der Waals surface area contributed by atoms with Gasteiger partial charge in [0.05, 0.1) is 0 Å². The average Bonchev–Trinajstić information content (AvgIpc) is 2.63. The molecule has 1 fully saturated rings. The van der Waals surface area contributed by atoms with Crippen LogP contribution in [0.2, 0.25) is 0 Å². The summed E-state index contributed by atoms with van der Waals surface area (Å²) in [5, 5.41) is 12.9. The predicted molar refractivity (Wildman–Crippen MR) is 95.4 cm³/mol. The molecule has 1 aromatic heterocycles. The Hall–Kier alpha value is -2.14. The lowest BCUT2D eigenvalue weighted by atomic mass is 9.77. The highest BCUT2D eigenvalue weighted by Gasteiger charge is 2.25. The highest BCUT2D eigenvalue weighted by Crippen LogP contribution is 2.34. The summed E-state index contributed by atoms with van der Waals surface area (Å²) in [6.45, 7) is 3.05. The maximum atomic E-state index is 9.40. The van der Waals surface area contributed by atoms with Gasteiger partial charge in [-0.05, 0) is 36.3 Å². The third-order valence-corrected chi connectivity index (χ3v) is 5.24. The number of anilines is 2. The van der Waals surface area contributed by atoms with Gasteiger partial charge in [-0.2, -0.15) is 0 Å². The maximum Gasteiger partial charge on any atom is 0.134 e. The fourth-order valence-electron chi connectivity index (χ4n) is 3.81. The van der Waals surface area contributed by atoms with Crippen molar-refractivity contribution in [3.8, 4) is 0 Å². The van der Waals surface area contributed by atoms with Gasteiger partial charge < -0.3 is 15.3 Å². The molecular weight excluding hydrogens is 300 g/mol. The van der Waals surface area contributed by atoms with Crippen LogP contribution in [0.25, 0.3) is 0 Å². The zero-order chi connectivity index (χ0) is 16.4. The van der Waals surface area contributed by atoms with Crippen LogP contribution in [0.3, 0.4) is 0 Å². The Labute approximate surface area is 142 Å². The summed E-state index contributed by atoms with van der Waals surface area (Å²) in [6, 6.07) is 10.7. The average molecular weight is 324 g/mol. The van der Waals surface area contributed by atoms with Gasteiger partial charge in [-0.15, -0.1) is 0 Å². The van der Waals surface area contributed by atoms with Gasteiger partial charge in [0, 0.05) is 38.2 Å². The Kier molecular flexibility index (Phi) is 4.34. The Bertz CT molecular complexity index is 705. The molecule has 4 rings (SSSR count). The molecule has 1 aliphatic carbocycles. The number of aliphatic hydroxyl groups excluding tert-OH is 1. The number of hydrogen-bond acceptors (Lipinski definition) is 5. The van der Waals surface area contributed by atoms with Crippen LogP contribution >= 0.6 is 0 Å². The van der Waals surface area contributed by atoms with Gasteiger partial charge in [0.15, 0.2) is 0 Å². The Morgan fingerprint density at radius 1 is 1.25 bits per heavy atom. The van der Waals surface area contributed by atoms with Gasteiger partial charge in [-0.3, -0.25) is 0 Å². The van der Waals surface area contributed by atoms with Gasteiger partial charge in [0.1, 0.15) is 18.0 Å². The highest BCUT2D eigenvalue weighted by atomic mass is 16.3. The van der Waals surface area contributed by atoms with E-state index in [1.54, 1.807) is 6.33 Å². The minimum absolute atomic E-state index is 0.258. The van der Waals surface area contributed by atoms with E-state index in [9.17, 15) is 5.11 Å². The van der Waals surface area contributed by atoms with Crippen molar-refractivity contribution in [2.45, 2.75) is 25.2 Å². The van der Waals surface area contributed by atoms with E-state index < -0.39 is 0 Å². The summed E-state index contributed by atoms with van der Waals surface area (Å²) in [5.41, 5.74) is 2.93. The zero-order valence-electron chi connectivity index (χ0n) is 13.9. The standard InChI is InChI=1S/C19H24N4O/c24-12-14-4-3-7-23(11-14)19-9-18(21-13-22-19)20-10-16-8-15-5-1-2-6-17(15)16/h1-2,5-6,9,13-14,16,24H,3-4,7-8,10-12H2,(H,20,21,22). The van der Waals surface area contributed by atoms with Crippen LogP contribution in [0.1, 0.15) is 29.9 Å². The second-order valence-electron chi connectivity index (χ2n) is 6.88. The first-order valence-corrected chi connectivity index (χ1v) is 8.83. The molecule has 2 aliphatic rings. The summed E-state index contributed by atoms with van der Waals surface area (Å²) in [7, 11) is 0. The van der Waals surface area contributed by atoms with Gasteiger partial charge >= 0.3 is 0 Å². The van der Waals surface area contributed by atoms with Crippen molar-refractivity contribution in [3.63, 3.8) is 0 Å². The molecule has 0 radical (unpaired) electrons. The van der Waals surface area contributed by atoms with Crippen molar-refractivity contribution in [2.75, 3.05) is 36.5 Å². The topological polar surface area (TPSA) is 61.3 Å². The highest BCUT2D eigenvalue weighted by molar-refractivity contribution is 5.50. The Balaban J connectivity index is 1.38. The van der Waals surface area contributed by atoms with Gasteiger partial charge in [-0.1, -0.05) is 24.3 Å². The first-order valence-electron chi connectivity index (χ1n) is 8.83. The lowest BCUT2D eigenvalue weighted by molar-refractivity contribution is 0.208. The number of fused-ring (bicyclic) bond motifs is 1. The molecule has 24 heavy (non-hydrogen) atoms. The van der Waals surface area contributed by atoms with E-state index in [0.717, 1.165) is 50.5 Å². The van der Waals surface area contributed by atoms with Crippen molar-refractivity contribution in [1.29, 1.82) is 0 Å². The first-order chi connectivity index (χ1) is 11.8. The fraction of sp³-hybridized carbons (Fsp3) is 0.474. The first kappa shape index (κ1) is 15.4. The summed E-state index contributed by atoms with van der Waals surface area (Å²) in [5.74, 6) is 2.78. The maximum absolute atomic E-state index is 9.40. The molecule has 0 bridgehead atoms. The molecule has 2 atom stereocenters. The van der Waals surface area contributed by atoms with Crippen LogP contribution < -0.4 is 10.2 Å². The number of nitrogens with zero attached hydrogens (tertiary/aromatic N) is 3. The van der Waals surface area contributed by atoms with Crippen molar-refractivity contribution in [3.05, 3.63) is 47.8 Å². The number of aromatic nitrogens is 2. The lowest BCUT2D eigenvalue weighted by Gasteiger charge is -2.33. The predicted octanol–water partition coefficient (Wildman–Crippen LogP) is 2.44. The third kappa shape index (κ3) is 3.08. The second-order valence-corrected chi connectivity index (χ2v) is 6.88. The van der Waals surface area contributed by atoms with E-state index >= 15 is 0 Å². The number of piperidine rings is 1. The SMILES string of the molecule is OCC1CCCN(c2cc(NCC3Cc4ccccc43)ncn2)C1. The normalized spacial score (nSPS) is 22.6. The number of aliphatic hydroxyl groups is 1. The molecule has 1 aliphatic heterocycles. The largest absolute Gasteiger partial charge is 0.396 e. The molecule has 5 heteroatoms. The molecule has 2 aromatic rings. The number of hydrogen-bond donors (Lipinski definition) is 2. The summed E-state index contributed by atoms with van der Waals surface area (Å²) in [6.07, 6.45) is 4.99. The molecule has 0 saturated carbocycles. The van der Waals surface area contributed by atoms with Crippen LogP contribution in [-0.2, 0) is 6.42 Å². The van der Waals surface area contributed by atoms with Gasteiger partial charge in [0.25, 0.3) is 0 Å². The number of benzene rings is 1. The van der Waals surface area contributed by atoms with E-state index in [1.165, 1.54) is 11.1 Å². The van der Waals surface area contributed by atoms with Crippen molar-refractivity contribution in [2.24, 2.45) is 5.92 Å². The zero-order valence-corrected chi connectivity index (χ0v) is 13.9. The number of rotatable bonds is 5. The van der Waals surface area contributed by atoms with Crippen LogP contribution in [-0.4, -0.2) is 41.3 Å². The van der Waals surface area contributed by atoms with E-state index in [4.69, 9.17) is 0 Å². The summed E-state index contributed by atoms with van der Waals surface area (Å²) in [4.78, 5) is 11.0. The lowest BCUT2D eigenvalue weighted by Crippen LogP contribution is -2.37. The molecule has 2 unspecified atom stereocenters. The quantitative estimate of drug-likeness (QED) is 0.884. The van der Waals surface area contributed by atoms with Gasteiger partial charge in [0.2, 0.25) is 0 Å². The molecule has 1 saturated heterocycles.